The first-order chi connectivity index (χ1) is 4.64. The van der Waals surface area contributed by atoms with Crippen LogP contribution in [0.4, 0.5) is 0 Å². The molecule has 0 unspecified atom stereocenters. The van der Waals surface area contributed by atoms with Gasteiger partial charge in [-0.05, 0) is 11.8 Å². The molecule has 0 radical (unpaired) electrons. The first kappa shape index (κ1) is 7.54. The van der Waals surface area contributed by atoms with E-state index in [-0.39, 0.29) is 0 Å². The molecule has 3 heteroatoms. The van der Waals surface area contributed by atoms with Crippen LogP contribution in [0.25, 0.3) is 0 Å². The molecule has 0 aliphatic carbocycles. The van der Waals surface area contributed by atoms with Crippen LogP contribution >= 0.6 is 0 Å². The van der Waals surface area contributed by atoms with Crippen molar-refractivity contribution in [2.75, 3.05) is 6.54 Å². The minimum Gasteiger partial charge on any atom is -0.290 e. The minimum absolute atomic E-state index is 0.320. The van der Waals surface area contributed by atoms with Crippen LogP contribution in [0.15, 0.2) is 4.99 Å². The maximum absolute atomic E-state index is 8.48. The molecule has 3 nitrogen and oxygen atoms in total. The standard InChI is InChI=1S/C7H14N2O/c1-7(2)4-3-6(9-10)8-5-7/h10H,3-5H2,1-2H3,(H,8,9). The van der Waals surface area contributed by atoms with E-state index in [1.165, 1.54) is 0 Å². The molecule has 0 aromatic heterocycles. The minimum atomic E-state index is 0.320. The van der Waals surface area contributed by atoms with Gasteiger partial charge in [-0.3, -0.25) is 15.7 Å². The molecule has 58 valence electrons. The zero-order valence-corrected chi connectivity index (χ0v) is 6.52. The van der Waals surface area contributed by atoms with Crippen LogP contribution in [-0.2, 0) is 0 Å². The Kier molecular flexibility index (Phi) is 1.94. The number of aliphatic imine (C=N–C) groups is 1. The highest BCUT2D eigenvalue weighted by Gasteiger charge is 2.21. The van der Waals surface area contributed by atoms with E-state index >= 15 is 0 Å². The van der Waals surface area contributed by atoms with Crippen LogP contribution in [-0.4, -0.2) is 17.6 Å². The van der Waals surface area contributed by atoms with E-state index in [2.05, 4.69) is 24.3 Å². The molecule has 1 aliphatic heterocycles. The van der Waals surface area contributed by atoms with E-state index < -0.39 is 0 Å². The lowest BCUT2D eigenvalue weighted by Gasteiger charge is -2.26. The summed E-state index contributed by atoms with van der Waals surface area (Å²) in [5.41, 5.74) is 2.41. The zero-order chi connectivity index (χ0) is 7.61. The quantitative estimate of drug-likeness (QED) is 0.499. The summed E-state index contributed by atoms with van der Waals surface area (Å²) in [6, 6.07) is 0. The summed E-state index contributed by atoms with van der Waals surface area (Å²) in [6.07, 6.45) is 1.96. The number of amidine groups is 1. The summed E-state index contributed by atoms with van der Waals surface area (Å²) in [7, 11) is 0. The van der Waals surface area contributed by atoms with E-state index in [9.17, 15) is 0 Å². The highest BCUT2D eigenvalue weighted by molar-refractivity contribution is 5.81. The molecular weight excluding hydrogens is 128 g/mol. The Hall–Kier alpha value is -0.570. The van der Waals surface area contributed by atoms with Gasteiger partial charge >= 0.3 is 0 Å². The summed E-state index contributed by atoms with van der Waals surface area (Å²) < 4.78 is 0. The maximum Gasteiger partial charge on any atom is 0.120 e. The average molecular weight is 142 g/mol. The summed E-state index contributed by atoms with van der Waals surface area (Å²) in [5.74, 6) is 0.722. The summed E-state index contributed by atoms with van der Waals surface area (Å²) in [6.45, 7) is 5.19. The number of rotatable bonds is 0. The van der Waals surface area contributed by atoms with E-state index in [1.54, 1.807) is 0 Å². The molecule has 0 spiro atoms. The Bertz CT molecular complexity index is 152. The van der Waals surface area contributed by atoms with E-state index in [0.29, 0.717) is 5.41 Å². The largest absolute Gasteiger partial charge is 0.290 e. The SMILES string of the molecule is CC1(C)CCC(NO)=NC1. The van der Waals surface area contributed by atoms with Gasteiger partial charge in [0.25, 0.3) is 0 Å². The normalized spacial score (nSPS) is 23.7. The predicted molar refractivity (Wildman–Crippen MR) is 40.2 cm³/mol. The highest BCUT2D eigenvalue weighted by Crippen LogP contribution is 2.25. The first-order valence-electron chi connectivity index (χ1n) is 3.57. The third kappa shape index (κ3) is 1.70. The molecule has 0 amide bonds. The number of hydroxylamine groups is 1. The molecule has 1 rings (SSSR count). The van der Waals surface area contributed by atoms with Crippen molar-refractivity contribution >= 4 is 5.84 Å². The van der Waals surface area contributed by atoms with Gasteiger partial charge in [-0.15, -0.1) is 0 Å². The number of hydrogen-bond acceptors (Lipinski definition) is 3. The molecule has 0 saturated heterocycles. The lowest BCUT2D eigenvalue weighted by molar-refractivity contribution is 0.223. The van der Waals surface area contributed by atoms with Crippen molar-refractivity contribution in [2.45, 2.75) is 26.7 Å². The molecule has 0 saturated carbocycles. The predicted octanol–water partition coefficient (Wildman–Crippen LogP) is 1.18. The fourth-order valence-electron chi connectivity index (χ4n) is 1.02. The molecule has 1 aliphatic rings. The zero-order valence-electron chi connectivity index (χ0n) is 6.52. The third-order valence-corrected chi connectivity index (χ3v) is 1.87. The van der Waals surface area contributed by atoms with Gasteiger partial charge in [0.2, 0.25) is 0 Å². The van der Waals surface area contributed by atoms with Crippen molar-refractivity contribution in [3.63, 3.8) is 0 Å². The highest BCUT2D eigenvalue weighted by atomic mass is 16.5. The molecule has 0 atom stereocenters. The molecular formula is C7H14N2O. The average Bonchev–Trinajstić information content (AvgIpc) is 1.88. The second-order valence-electron chi connectivity index (χ2n) is 3.54. The molecule has 0 bridgehead atoms. The van der Waals surface area contributed by atoms with Crippen molar-refractivity contribution in [2.24, 2.45) is 10.4 Å². The summed E-state index contributed by atoms with van der Waals surface area (Å²) in [4.78, 5) is 4.16. The van der Waals surface area contributed by atoms with Gasteiger partial charge < -0.3 is 0 Å². The first-order valence-corrected chi connectivity index (χ1v) is 3.57. The number of hydrogen-bond donors (Lipinski definition) is 2. The van der Waals surface area contributed by atoms with Crippen LogP contribution in [0.2, 0.25) is 0 Å². The smallest absolute Gasteiger partial charge is 0.120 e. The second kappa shape index (κ2) is 2.58. The van der Waals surface area contributed by atoms with Gasteiger partial charge in [-0.2, -0.15) is 0 Å². The van der Waals surface area contributed by atoms with Crippen LogP contribution < -0.4 is 5.48 Å². The number of nitrogens with zero attached hydrogens (tertiary/aromatic N) is 1. The molecule has 0 aromatic rings. The Morgan fingerprint density at radius 2 is 2.30 bits per heavy atom. The van der Waals surface area contributed by atoms with E-state index in [4.69, 9.17) is 5.21 Å². The van der Waals surface area contributed by atoms with Crippen LogP contribution in [0.3, 0.4) is 0 Å². The third-order valence-electron chi connectivity index (χ3n) is 1.87. The van der Waals surface area contributed by atoms with Crippen molar-refractivity contribution < 1.29 is 5.21 Å². The van der Waals surface area contributed by atoms with Crippen molar-refractivity contribution in [3.05, 3.63) is 0 Å². The van der Waals surface area contributed by atoms with Gasteiger partial charge in [0.05, 0.1) is 0 Å². The van der Waals surface area contributed by atoms with E-state index in [0.717, 1.165) is 25.2 Å². The lowest BCUT2D eigenvalue weighted by atomic mass is 9.86. The van der Waals surface area contributed by atoms with E-state index in [1.807, 2.05) is 0 Å². The molecule has 0 aromatic carbocycles. The molecule has 0 fully saturated rings. The Balaban J connectivity index is 2.52. The summed E-state index contributed by atoms with van der Waals surface area (Å²) >= 11 is 0. The fourth-order valence-corrected chi connectivity index (χ4v) is 1.02. The Morgan fingerprint density at radius 3 is 2.70 bits per heavy atom. The molecule has 1 heterocycles. The van der Waals surface area contributed by atoms with Crippen molar-refractivity contribution in [1.29, 1.82) is 0 Å². The topological polar surface area (TPSA) is 44.6 Å². The van der Waals surface area contributed by atoms with Gasteiger partial charge in [-0.25, -0.2) is 0 Å². The van der Waals surface area contributed by atoms with Gasteiger partial charge in [0, 0.05) is 13.0 Å². The van der Waals surface area contributed by atoms with Crippen molar-refractivity contribution in [3.8, 4) is 0 Å². The van der Waals surface area contributed by atoms with Crippen LogP contribution in [0.1, 0.15) is 26.7 Å². The lowest BCUT2D eigenvalue weighted by Crippen LogP contribution is -2.29. The van der Waals surface area contributed by atoms with Crippen LogP contribution in [0.5, 0.6) is 0 Å². The van der Waals surface area contributed by atoms with Gasteiger partial charge in [-0.1, -0.05) is 13.8 Å². The van der Waals surface area contributed by atoms with Gasteiger partial charge in [0.1, 0.15) is 5.84 Å². The monoisotopic (exact) mass is 142 g/mol. The summed E-state index contributed by atoms with van der Waals surface area (Å²) in [5, 5.41) is 8.48. The molecule has 2 N–H and O–H groups in total. The van der Waals surface area contributed by atoms with Crippen molar-refractivity contribution in [1.82, 2.24) is 5.48 Å². The maximum atomic E-state index is 8.48. The second-order valence-corrected chi connectivity index (χ2v) is 3.54. The fraction of sp³-hybridized carbons (Fsp3) is 0.857. The van der Waals surface area contributed by atoms with Gasteiger partial charge in [0.15, 0.2) is 0 Å². The Morgan fingerprint density at radius 1 is 1.60 bits per heavy atom. The molecule has 10 heavy (non-hydrogen) atoms. The number of nitrogens with one attached hydrogen (secondary N) is 1. The van der Waals surface area contributed by atoms with Crippen LogP contribution in [0, 0.1) is 5.41 Å². The Labute approximate surface area is 61.1 Å².